The van der Waals surface area contributed by atoms with Crippen molar-refractivity contribution in [3.8, 4) is 5.75 Å². The van der Waals surface area contributed by atoms with Crippen LogP contribution in [0.4, 0.5) is 0 Å². The summed E-state index contributed by atoms with van der Waals surface area (Å²) in [5.74, 6) is -0.631. The molecular formula is C17H23NO4. The van der Waals surface area contributed by atoms with Gasteiger partial charge in [-0.25, -0.2) is 0 Å². The third-order valence-electron chi connectivity index (χ3n) is 4.18. The van der Waals surface area contributed by atoms with Crippen molar-refractivity contribution >= 4 is 11.9 Å². The fraction of sp³-hybridized carbons (Fsp3) is 0.529. The Bertz CT molecular complexity index is 512. The minimum absolute atomic E-state index is 0.0228. The van der Waals surface area contributed by atoms with Gasteiger partial charge in [0.05, 0.1) is 5.92 Å². The van der Waals surface area contributed by atoms with Crippen LogP contribution in [0.15, 0.2) is 24.3 Å². The standard InChI is InChI=1S/C17H23NO4/c1-12-6-8-14(9-7-12)22-11-16(19)18-10-13-4-2-3-5-15(13)17(20)21/h6-9,13,15H,2-5,10-11H2,1H3,(H,18,19)(H,20,21)/t13-,15-/m0/s1. The first-order valence-corrected chi connectivity index (χ1v) is 7.75. The molecule has 0 aliphatic heterocycles. The van der Waals surface area contributed by atoms with Crippen molar-refractivity contribution in [3.63, 3.8) is 0 Å². The monoisotopic (exact) mass is 305 g/mol. The Morgan fingerprint density at radius 1 is 1.23 bits per heavy atom. The van der Waals surface area contributed by atoms with Crippen LogP contribution in [0, 0.1) is 18.8 Å². The largest absolute Gasteiger partial charge is 0.484 e. The number of carbonyl (C=O) groups excluding carboxylic acids is 1. The predicted molar refractivity (Wildman–Crippen MR) is 82.8 cm³/mol. The van der Waals surface area contributed by atoms with Gasteiger partial charge in [-0.3, -0.25) is 9.59 Å². The first kappa shape index (κ1) is 16.3. The van der Waals surface area contributed by atoms with Gasteiger partial charge < -0.3 is 15.2 Å². The number of hydrogen-bond donors (Lipinski definition) is 2. The average Bonchev–Trinajstić information content (AvgIpc) is 2.52. The average molecular weight is 305 g/mol. The van der Waals surface area contributed by atoms with Gasteiger partial charge in [0, 0.05) is 6.54 Å². The number of hydrogen-bond acceptors (Lipinski definition) is 3. The van der Waals surface area contributed by atoms with Crippen LogP contribution < -0.4 is 10.1 Å². The normalized spacial score (nSPS) is 21.1. The van der Waals surface area contributed by atoms with Crippen molar-refractivity contribution in [2.45, 2.75) is 32.6 Å². The summed E-state index contributed by atoms with van der Waals surface area (Å²) in [6, 6.07) is 7.49. The lowest BCUT2D eigenvalue weighted by atomic mass is 9.79. The molecule has 1 aliphatic carbocycles. The van der Waals surface area contributed by atoms with Crippen LogP contribution in [-0.4, -0.2) is 30.1 Å². The summed E-state index contributed by atoms with van der Waals surface area (Å²) in [6.45, 7) is 2.35. The SMILES string of the molecule is Cc1ccc(OCC(=O)NC[C@@H]2CCCC[C@@H]2C(=O)O)cc1. The molecule has 0 spiro atoms. The number of amides is 1. The van der Waals surface area contributed by atoms with Crippen LogP contribution in [-0.2, 0) is 9.59 Å². The molecule has 120 valence electrons. The van der Waals surface area contributed by atoms with Gasteiger partial charge in [-0.1, -0.05) is 30.5 Å². The Morgan fingerprint density at radius 2 is 1.91 bits per heavy atom. The molecule has 1 saturated carbocycles. The summed E-state index contributed by atoms with van der Waals surface area (Å²) < 4.78 is 5.41. The predicted octanol–water partition coefficient (Wildman–Crippen LogP) is 2.38. The highest BCUT2D eigenvalue weighted by Gasteiger charge is 2.30. The maximum absolute atomic E-state index is 11.8. The number of aliphatic carboxylic acids is 1. The summed E-state index contributed by atoms with van der Waals surface area (Å²) in [4.78, 5) is 23.0. The lowest BCUT2D eigenvalue weighted by Gasteiger charge is -2.28. The van der Waals surface area contributed by atoms with Crippen LogP contribution in [0.2, 0.25) is 0 Å². The zero-order valence-corrected chi connectivity index (χ0v) is 12.9. The van der Waals surface area contributed by atoms with E-state index in [2.05, 4.69) is 5.32 Å². The van der Waals surface area contributed by atoms with Gasteiger partial charge in [0.25, 0.3) is 5.91 Å². The Kier molecular flexibility index (Phi) is 5.81. The Morgan fingerprint density at radius 3 is 2.59 bits per heavy atom. The fourth-order valence-electron chi connectivity index (χ4n) is 2.86. The molecule has 0 radical (unpaired) electrons. The molecular weight excluding hydrogens is 282 g/mol. The number of carboxylic acid groups (broad SMARTS) is 1. The van der Waals surface area contributed by atoms with Crippen LogP contribution in [0.25, 0.3) is 0 Å². The van der Waals surface area contributed by atoms with E-state index in [9.17, 15) is 14.7 Å². The van der Waals surface area contributed by atoms with E-state index in [0.29, 0.717) is 18.7 Å². The van der Waals surface area contributed by atoms with Crippen molar-refractivity contribution in [3.05, 3.63) is 29.8 Å². The molecule has 0 bridgehead atoms. The van der Waals surface area contributed by atoms with Gasteiger partial charge in [-0.2, -0.15) is 0 Å². The van der Waals surface area contributed by atoms with Gasteiger partial charge in [0.15, 0.2) is 6.61 Å². The van der Waals surface area contributed by atoms with E-state index in [1.54, 1.807) is 0 Å². The van der Waals surface area contributed by atoms with Gasteiger partial charge in [0.1, 0.15) is 5.75 Å². The molecule has 22 heavy (non-hydrogen) atoms. The number of benzene rings is 1. The molecule has 0 saturated heterocycles. The smallest absolute Gasteiger partial charge is 0.306 e. The molecule has 2 atom stereocenters. The zero-order valence-electron chi connectivity index (χ0n) is 12.9. The number of rotatable bonds is 6. The minimum Gasteiger partial charge on any atom is -0.484 e. The van der Waals surface area contributed by atoms with Crippen molar-refractivity contribution in [1.82, 2.24) is 5.32 Å². The molecule has 1 aliphatic rings. The van der Waals surface area contributed by atoms with E-state index >= 15 is 0 Å². The zero-order chi connectivity index (χ0) is 15.9. The van der Waals surface area contributed by atoms with Gasteiger partial charge >= 0.3 is 5.97 Å². The summed E-state index contributed by atoms with van der Waals surface area (Å²) in [7, 11) is 0. The van der Waals surface area contributed by atoms with Crippen molar-refractivity contribution in [2.75, 3.05) is 13.2 Å². The number of aryl methyl sites for hydroxylation is 1. The first-order valence-electron chi connectivity index (χ1n) is 7.75. The topological polar surface area (TPSA) is 75.6 Å². The molecule has 0 aromatic heterocycles. The van der Waals surface area contributed by atoms with E-state index in [0.717, 1.165) is 24.8 Å². The number of nitrogens with one attached hydrogen (secondary N) is 1. The van der Waals surface area contributed by atoms with E-state index < -0.39 is 5.97 Å². The van der Waals surface area contributed by atoms with E-state index in [4.69, 9.17) is 4.74 Å². The maximum Gasteiger partial charge on any atom is 0.306 e. The van der Waals surface area contributed by atoms with Gasteiger partial charge in [0.2, 0.25) is 0 Å². The highest BCUT2D eigenvalue weighted by atomic mass is 16.5. The Labute approximate surface area is 130 Å². The fourth-order valence-corrected chi connectivity index (χ4v) is 2.86. The summed E-state index contributed by atoms with van der Waals surface area (Å²) in [5, 5.41) is 12.0. The molecule has 1 fully saturated rings. The quantitative estimate of drug-likeness (QED) is 0.846. The number of carbonyl (C=O) groups is 2. The van der Waals surface area contributed by atoms with Crippen LogP contribution in [0.3, 0.4) is 0 Å². The van der Waals surface area contributed by atoms with Crippen molar-refractivity contribution in [2.24, 2.45) is 11.8 Å². The van der Waals surface area contributed by atoms with Crippen LogP contribution in [0.1, 0.15) is 31.2 Å². The third kappa shape index (κ3) is 4.76. The van der Waals surface area contributed by atoms with E-state index in [1.807, 2.05) is 31.2 Å². The Balaban J connectivity index is 1.74. The molecule has 1 aromatic carbocycles. The lowest BCUT2D eigenvalue weighted by molar-refractivity contribution is -0.145. The maximum atomic E-state index is 11.8. The van der Waals surface area contributed by atoms with Crippen LogP contribution in [0.5, 0.6) is 5.75 Å². The molecule has 1 aromatic rings. The van der Waals surface area contributed by atoms with E-state index in [1.165, 1.54) is 0 Å². The summed E-state index contributed by atoms with van der Waals surface area (Å²) in [6.07, 6.45) is 3.55. The second-order valence-corrected chi connectivity index (χ2v) is 5.90. The van der Waals surface area contributed by atoms with Gasteiger partial charge in [-0.15, -0.1) is 0 Å². The Hall–Kier alpha value is -2.04. The van der Waals surface area contributed by atoms with Crippen molar-refractivity contribution < 1.29 is 19.4 Å². The second-order valence-electron chi connectivity index (χ2n) is 5.90. The first-order chi connectivity index (χ1) is 10.6. The van der Waals surface area contributed by atoms with Crippen molar-refractivity contribution in [1.29, 1.82) is 0 Å². The second kappa shape index (κ2) is 7.82. The highest BCUT2D eigenvalue weighted by Crippen LogP contribution is 2.29. The lowest BCUT2D eigenvalue weighted by Crippen LogP contribution is -2.38. The molecule has 2 N–H and O–H groups in total. The number of ether oxygens (including phenoxy) is 1. The summed E-state index contributed by atoms with van der Waals surface area (Å²) in [5.41, 5.74) is 1.13. The van der Waals surface area contributed by atoms with Crippen LogP contribution >= 0.6 is 0 Å². The molecule has 1 amide bonds. The van der Waals surface area contributed by atoms with E-state index in [-0.39, 0.29) is 24.3 Å². The highest BCUT2D eigenvalue weighted by molar-refractivity contribution is 5.77. The molecule has 2 rings (SSSR count). The molecule has 0 unspecified atom stereocenters. The third-order valence-corrected chi connectivity index (χ3v) is 4.18. The number of carboxylic acids is 1. The molecule has 5 nitrogen and oxygen atoms in total. The van der Waals surface area contributed by atoms with Gasteiger partial charge in [-0.05, 0) is 37.8 Å². The minimum atomic E-state index is -0.755. The molecule has 5 heteroatoms. The summed E-state index contributed by atoms with van der Waals surface area (Å²) >= 11 is 0. The molecule has 0 heterocycles.